The van der Waals surface area contributed by atoms with Crippen molar-refractivity contribution >= 4 is 34.7 Å². The van der Waals surface area contributed by atoms with Crippen LogP contribution in [0.1, 0.15) is 25.7 Å². The Hall–Kier alpha value is 0.490. The van der Waals surface area contributed by atoms with Gasteiger partial charge in [-0.25, -0.2) is 8.42 Å². The second-order valence-corrected chi connectivity index (χ2v) is 6.23. The van der Waals surface area contributed by atoms with Crippen LogP contribution in [-0.4, -0.2) is 33.5 Å². The fourth-order valence-corrected chi connectivity index (χ4v) is 2.50. The number of halogens is 2. The van der Waals surface area contributed by atoms with Gasteiger partial charge in [0.15, 0.2) is 0 Å². The predicted octanol–water partition coefficient (Wildman–Crippen LogP) is 1.65. The molecule has 6 heteroatoms. The van der Waals surface area contributed by atoms with E-state index in [1.165, 1.54) is 19.1 Å². The quantitative estimate of drug-likeness (QED) is 0.850. The summed E-state index contributed by atoms with van der Waals surface area (Å²) in [7, 11) is -2.74. The molecular weight excluding hydrogens is 257 g/mol. The average molecular weight is 278 g/mol. The Morgan fingerprint density at radius 2 is 1.73 bits per heavy atom. The lowest BCUT2D eigenvalue weighted by atomic mass is 9.94. The summed E-state index contributed by atoms with van der Waals surface area (Å²) in [4.78, 5) is 0. The van der Waals surface area contributed by atoms with Crippen molar-refractivity contribution in [3.63, 3.8) is 0 Å². The first-order valence-electron chi connectivity index (χ1n) is 4.96. The Morgan fingerprint density at radius 1 is 1.20 bits per heavy atom. The minimum Gasteiger partial charge on any atom is -0.317 e. The van der Waals surface area contributed by atoms with Gasteiger partial charge in [-0.2, -0.15) is 0 Å². The molecule has 0 bridgehead atoms. The number of rotatable bonds is 4. The van der Waals surface area contributed by atoms with Crippen molar-refractivity contribution < 1.29 is 8.42 Å². The largest absolute Gasteiger partial charge is 0.317 e. The van der Waals surface area contributed by atoms with Gasteiger partial charge < -0.3 is 5.32 Å². The molecule has 3 nitrogen and oxygen atoms in total. The molecule has 1 aliphatic heterocycles. The summed E-state index contributed by atoms with van der Waals surface area (Å²) in [5.41, 5.74) is 0. The first kappa shape index (κ1) is 17.9. The van der Waals surface area contributed by atoms with E-state index in [-0.39, 0.29) is 24.8 Å². The van der Waals surface area contributed by atoms with Crippen molar-refractivity contribution in [2.24, 2.45) is 5.92 Å². The fraction of sp³-hybridized carbons (Fsp3) is 1.00. The summed E-state index contributed by atoms with van der Waals surface area (Å²) in [6.07, 6.45) is 5.65. The number of nitrogens with one attached hydrogen (secondary N) is 1. The zero-order valence-corrected chi connectivity index (χ0v) is 11.5. The maximum Gasteiger partial charge on any atom is 0.147 e. The van der Waals surface area contributed by atoms with Crippen LogP contribution in [0.4, 0.5) is 0 Å². The lowest BCUT2D eigenvalue weighted by molar-refractivity contribution is 0.352. The summed E-state index contributed by atoms with van der Waals surface area (Å²) in [5, 5.41) is 3.30. The summed E-state index contributed by atoms with van der Waals surface area (Å²) < 4.78 is 21.7. The van der Waals surface area contributed by atoms with Gasteiger partial charge >= 0.3 is 0 Å². The number of sulfone groups is 1. The van der Waals surface area contributed by atoms with Gasteiger partial charge in [-0.05, 0) is 44.7 Å². The van der Waals surface area contributed by atoms with Crippen LogP contribution in [-0.2, 0) is 9.84 Å². The van der Waals surface area contributed by atoms with E-state index in [0.29, 0.717) is 5.75 Å². The van der Waals surface area contributed by atoms with E-state index < -0.39 is 9.84 Å². The van der Waals surface area contributed by atoms with Gasteiger partial charge in [0.1, 0.15) is 9.84 Å². The van der Waals surface area contributed by atoms with E-state index in [9.17, 15) is 8.42 Å². The van der Waals surface area contributed by atoms with Crippen molar-refractivity contribution in [3.8, 4) is 0 Å². The van der Waals surface area contributed by atoms with E-state index in [1.807, 2.05) is 0 Å². The molecule has 0 aromatic heterocycles. The minimum absolute atomic E-state index is 0. The first-order chi connectivity index (χ1) is 6.08. The van der Waals surface area contributed by atoms with Crippen molar-refractivity contribution in [2.75, 3.05) is 25.1 Å². The third-order valence-corrected chi connectivity index (χ3v) is 3.62. The van der Waals surface area contributed by atoms with Crippen LogP contribution in [0.5, 0.6) is 0 Å². The van der Waals surface area contributed by atoms with Crippen molar-refractivity contribution in [1.82, 2.24) is 5.32 Å². The van der Waals surface area contributed by atoms with E-state index in [0.717, 1.165) is 31.8 Å². The maximum absolute atomic E-state index is 10.9. The summed E-state index contributed by atoms with van der Waals surface area (Å²) in [5.74, 6) is 1.11. The maximum atomic E-state index is 10.9. The molecule has 15 heavy (non-hydrogen) atoms. The van der Waals surface area contributed by atoms with Gasteiger partial charge in [-0.15, -0.1) is 24.8 Å². The Kier molecular flexibility index (Phi) is 10.3. The van der Waals surface area contributed by atoms with Crippen molar-refractivity contribution in [1.29, 1.82) is 0 Å². The Labute approximate surface area is 105 Å². The molecule has 0 atom stereocenters. The molecule has 0 spiro atoms. The summed E-state index contributed by atoms with van der Waals surface area (Å²) >= 11 is 0. The van der Waals surface area contributed by atoms with Gasteiger partial charge in [0.2, 0.25) is 0 Å². The third-order valence-electron chi connectivity index (χ3n) is 2.59. The average Bonchev–Trinajstić information content (AvgIpc) is 2.04. The standard InChI is InChI=1S/C9H19NO2S.2ClH/c1-13(11,12)8-2-3-9-4-6-10-7-5-9;;/h9-10H,2-8H2,1H3;2*1H. The topological polar surface area (TPSA) is 46.2 Å². The second-order valence-electron chi connectivity index (χ2n) is 3.97. The Morgan fingerprint density at radius 3 is 2.20 bits per heavy atom. The van der Waals surface area contributed by atoms with E-state index in [4.69, 9.17) is 0 Å². The predicted molar refractivity (Wildman–Crippen MR) is 69.0 cm³/mol. The van der Waals surface area contributed by atoms with Crippen LogP contribution >= 0.6 is 24.8 Å². The van der Waals surface area contributed by atoms with Gasteiger partial charge in [0.05, 0.1) is 0 Å². The summed E-state index contributed by atoms with van der Waals surface area (Å²) in [6.45, 7) is 2.20. The molecule has 0 radical (unpaired) electrons. The van der Waals surface area contributed by atoms with Crippen LogP contribution < -0.4 is 5.32 Å². The molecule has 1 fully saturated rings. The minimum atomic E-state index is -2.74. The molecule has 0 unspecified atom stereocenters. The Bertz CT molecular complexity index is 238. The van der Waals surface area contributed by atoms with Gasteiger partial charge in [-0.1, -0.05) is 0 Å². The van der Waals surface area contributed by atoms with E-state index in [2.05, 4.69) is 5.32 Å². The highest BCUT2D eigenvalue weighted by Crippen LogP contribution is 2.17. The molecule has 1 aliphatic rings. The van der Waals surface area contributed by atoms with E-state index >= 15 is 0 Å². The smallest absolute Gasteiger partial charge is 0.147 e. The third kappa shape index (κ3) is 9.42. The first-order valence-corrected chi connectivity index (χ1v) is 7.02. The fourth-order valence-electron chi connectivity index (χ4n) is 1.80. The zero-order chi connectivity index (χ0) is 9.73. The SMILES string of the molecule is CS(=O)(=O)CCCC1CCNCC1.Cl.Cl. The molecule has 1 saturated heterocycles. The lowest BCUT2D eigenvalue weighted by Gasteiger charge is -2.22. The monoisotopic (exact) mass is 277 g/mol. The van der Waals surface area contributed by atoms with Crippen molar-refractivity contribution in [2.45, 2.75) is 25.7 Å². The molecule has 0 aliphatic carbocycles. The van der Waals surface area contributed by atoms with Gasteiger partial charge in [-0.3, -0.25) is 0 Å². The zero-order valence-electron chi connectivity index (χ0n) is 9.07. The van der Waals surface area contributed by atoms with Crippen LogP contribution in [0.25, 0.3) is 0 Å². The highest BCUT2D eigenvalue weighted by molar-refractivity contribution is 7.90. The lowest BCUT2D eigenvalue weighted by Crippen LogP contribution is -2.27. The van der Waals surface area contributed by atoms with Crippen molar-refractivity contribution in [3.05, 3.63) is 0 Å². The molecule has 0 aromatic rings. The van der Waals surface area contributed by atoms with E-state index in [1.54, 1.807) is 0 Å². The molecule has 0 saturated carbocycles. The molecule has 1 heterocycles. The number of hydrogen-bond acceptors (Lipinski definition) is 3. The molecule has 1 N–H and O–H groups in total. The molecule has 94 valence electrons. The molecule has 1 rings (SSSR count). The van der Waals surface area contributed by atoms with Gasteiger partial charge in [0.25, 0.3) is 0 Å². The number of piperidine rings is 1. The normalized spacial score (nSPS) is 17.7. The molecule has 0 aromatic carbocycles. The highest BCUT2D eigenvalue weighted by Gasteiger charge is 2.13. The summed E-state index contributed by atoms with van der Waals surface area (Å²) in [6, 6.07) is 0. The van der Waals surface area contributed by atoms with Crippen LogP contribution in [0, 0.1) is 5.92 Å². The molecular formula is C9H21Cl2NO2S. The van der Waals surface area contributed by atoms with Gasteiger partial charge in [0, 0.05) is 12.0 Å². The molecule has 0 amide bonds. The van der Waals surface area contributed by atoms with Crippen LogP contribution in [0.2, 0.25) is 0 Å². The highest BCUT2D eigenvalue weighted by atomic mass is 35.5. The second kappa shape index (κ2) is 8.62. The number of hydrogen-bond donors (Lipinski definition) is 1. The Balaban J connectivity index is 0. The van der Waals surface area contributed by atoms with Crippen LogP contribution in [0.3, 0.4) is 0 Å². The van der Waals surface area contributed by atoms with Crippen LogP contribution in [0.15, 0.2) is 0 Å².